The quantitative estimate of drug-likeness (QED) is 0.814. The topological polar surface area (TPSA) is 12.5 Å². The van der Waals surface area contributed by atoms with E-state index in [1.165, 1.54) is 38.5 Å². The highest BCUT2D eigenvalue weighted by Gasteiger charge is 2.46. The van der Waals surface area contributed by atoms with Crippen molar-refractivity contribution in [1.82, 2.24) is 4.90 Å². The summed E-state index contributed by atoms with van der Waals surface area (Å²) >= 11 is 0. The van der Waals surface area contributed by atoms with Gasteiger partial charge in [0.2, 0.25) is 0 Å². The van der Waals surface area contributed by atoms with Gasteiger partial charge in [-0.05, 0) is 62.5 Å². The third-order valence-corrected chi connectivity index (χ3v) is 5.84. The molecule has 2 unspecified atom stereocenters. The van der Waals surface area contributed by atoms with Gasteiger partial charge in [0.05, 0.1) is 7.11 Å². The van der Waals surface area contributed by atoms with Crippen LogP contribution in [0.25, 0.3) is 0 Å². The minimum Gasteiger partial charge on any atom is -0.497 e. The summed E-state index contributed by atoms with van der Waals surface area (Å²) in [6.45, 7) is 2.49. The number of benzene rings is 1. The molecule has 2 aliphatic rings. The Labute approximate surface area is 129 Å². The Kier molecular flexibility index (Phi) is 4.00. The molecule has 0 saturated heterocycles. The van der Waals surface area contributed by atoms with Crippen LogP contribution in [0, 0.1) is 5.92 Å². The average Bonchev–Trinajstić information content (AvgIpc) is 2.44. The van der Waals surface area contributed by atoms with E-state index in [0.29, 0.717) is 6.04 Å². The van der Waals surface area contributed by atoms with Gasteiger partial charge in [-0.25, -0.2) is 0 Å². The maximum Gasteiger partial charge on any atom is 0.119 e. The van der Waals surface area contributed by atoms with Crippen LogP contribution >= 0.6 is 0 Å². The molecule has 3 rings (SSSR count). The van der Waals surface area contributed by atoms with Gasteiger partial charge in [0.15, 0.2) is 0 Å². The molecular formula is C19H29NO. The van der Waals surface area contributed by atoms with Gasteiger partial charge in [-0.15, -0.1) is 0 Å². The highest BCUT2D eigenvalue weighted by atomic mass is 16.5. The molecule has 1 aromatic rings. The zero-order valence-corrected chi connectivity index (χ0v) is 14.0. The lowest BCUT2D eigenvalue weighted by molar-refractivity contribution is 0.0826. The Balaban J connectivity index is 2.13. The summed E-state index contributed by atoms with van der Waals surface area (Å²) < 4.78 is 5.50. The Morgan fingerprint density at radius 2 is 2.00 bits per heavy atom. The molecule has 1 saturated carbocycles. The first-order valence-electron chi connectivity index (χ1n) is 8.40. The maximum absolute atomic E-state index is 5.50. The second-order valence-electron chi connectivity index (χ2n) is 7.41. The fraction of sp³-hybridized carbons (Fsp3) is 0.684. The molecule has 0 spiro atoms. The van der Waals surface area contributed by atoms with Crippen molar-refractivity contribution in [3.05, 3.63) is 29.3 Å². The van der Waals surface area contributed by atoms with E-state index in [-0.39, 0.29) is 5.41 Å². The van der Waals surface area contributed by atoms with Crippen LogP contribution in [0.15, 0.2) is 18.2 Å². The van der Waals surface area contributed by atoms with E-state index in [2.05, 4.69) is 44.1 Å². The van der Waals surface area contributed by atoms with Crippen molar-refractivity contribution >= 4 is 0 Å². The van der Waals surface area contributed by atoms with E-state index >= 15 is 0 Å². The van der Waals surface area contributed by atoms with Crippen LogP contribution in [0.1, 0.15) is 50.2 Å². The summed E-state index contributed by atoms with van der Waals surface area (Å²) in [5.41, 5.74) is 3.36. The van der Waals surface area contributed by atoms with Crippen LogP contribution in [0.5, 0.6) is 5.75 Å². The summed E-state index contributed by atoms with van der Waals surface area (Å²) in [7, 11) is 6.31. The van der Waals surface area contributed by atoms with E-state index < -0.39 is 0 Å². The fourth-order valence-electron chi connectivity index (χ4n) is 5.08. The van der Waals surface area contributed by atoms with Crippen molar-refractivity contribution in [2.45, 2.75) is 56.9 Å². The second-order valence-corrected chi connectivity index (χ2v) is 7.41. The molecule has 1 fully saturated rings. The summed E-state index contributed by atoms with van der Waals surface area (Å²) in [6.07, 6.45) is 8.06. The number of rotatable bonds is 2. The van der Waals surface area contributed by atoms with Gasteiger partial charge in [-0.2, -0.15) is 0 Å². The van der Waals surface area contributed by atoms with Crippen LogP contribution in [-0.4, -0.2) is 32.1 Å². The van der Waals surface area contributed by atoms with E-state index in [9.17, 15) is 0 Å². The third kappa shape index (κ3) is 2.48. The molecule has 0 heterocycles. The van der Waals surface area contributed by atoms with Crippen molar-refractivity contribution in [3.63, 3.8) is 0 Å². The lowest BCUT2D eigenvalue weighted by Crippen LogP contribution is -2.54. The second kappa shape index (κ2) is 5.64. The van der Waals surface area contributed by atoms with Gasteiger partial charge >= 0.3 is 0 Å². The summed E-state index contributed by atoms with van der Waals surface area (Å²) in [5.74, 6) is 1.80. The van der Waals surface area contributed by atoms with Crippen LogP contribution in [0.2, 0.25) is 0 Å². The highest BCUT2D eigenvalue weighted by molar-refractivity contribution is 5.44. The van der Waals surface area contributed by atoms with Gasteiger partial charge in [-0.3, -0.25) is 0 Å². The maximum atomic E-state index is 5.50. The molecule has 2 bridgehead atoms. The number of ether oxygens (including phenoxy) is 1. The van der Waals surface area contributed by atoms with Crippen LogP contribution in [-0.2, 0) is 11.8 Å². The number of likely N-dealkylation sites (N-methyl/N-ethyl adjacent to an activating group) is 1. The largest absolute Gasteiger partial charge is 0.497 e. The number of fused-ring (bicyclic) bond motifs is 4. The predicted octanol–water partition coefficient (Wildman–Crippen LogP) is 4.02. The molecule has 2 heteroatoms. The fourth-order valence-corrected chi connectivity index (χ4v) is 5.08. The summed E-state index contributed by atoms with van der Waals surface area (Å²) in [4.78, 5) is 2.48. The summed E-state index contributed by atoms with van der Waals surface area (Å²) in [5, 5.41) is 0. The van der Waals surface area contributed by atoms with Gasteiger partial charge in [0, 0.05) is 11.5 Å². The average molecular weight is 287 g/mol. The number of methoxy groups -OCH3 is 1. The normalized spacial score (nSPS) is 32.2. The lowest BCUT2D eigenvalue weighted by Gasteiger charge is -2.51. The lowest BCUT2D eigenvalue weighted by atomic mass is 9.59. The van der Waals surface area contributed by atoms with Crippen molar-refractivity contribution < 1.29 is 4.74 Å². The first-order chi connectivity index (χ1) is 10.1. The van der Waals surface area contributed by atoms with Crippen LogP contribution in [0.4, 0.5) is 0 Å². The highest BCUT2D eigenvalue weighted by Crippen LogP contribution is 2.48. The smallest absolute Gasteiger partial charge is 0.119 e. The van der Waals surface area contributed by atoms with Crippen LogP contribution in [0.3, 0.4) is 0 Å². The monoisotopic (exact) mass is 287 g/mol. The molecule has 116 valence electrons. The number of hydrogen-bond acceptors (Lipinski definition) is 2. The van der Waals surface area contributed by atoms with Crippen molar-refractivity contribution in [1.29, 1.82) is 0 Å². The molecule has 0 N–H and O–H groups in total. The van der Waals surface area contributed by atoms with E-state index in [4.69, 9.17) is 4.74 Å². The Bertz CT molecular complexity index is 510. The molecule has 21 heavy (non-hydrogen) atoms. The molecule has 1 aromatic carbocycles. The number of nitrogens with zero attached hydrogens (tertiary/aromatic N) is 1. The van der Waals surface area contributed by atoms with Gasteiger partial charge < -0.3 is 9.64 Å². The van der Waals surface area contributed by atoms with Gasteiger partial charge in [-0.1, -0.05) is 32.3 Å². The standard InChI is InChI=1S/C19H29NO/c1-19-11-7-5-6-8-15(18(19)20(2)3)12-14-9-10-16(21-4)13-17(14)19/h9-10,13,15,18H,5-8,11-12H2,1-4H3/t15?,18?,19-/m1/s1. The Hall–Kier alpha value is -1.02. The zero-order valence-electron chi connectivity index (χ0n) is 14.0. The first-order valence-corrected chi connectivity index (χ1v) is 8.40. The van der Waals surface area contributed by atoms with E-state index in [1.54, 1.807) is 18.2 Å². The van der Waals surface area contributed by atoms with Crippen molar-refractivity contribution in [2.24, 2.45) is 5.92 Å². The van der Waals surface area contributed by atoms with Gasteiger partial charge in [0.1, 0.15) is 5.75 Å². The molecule has 2 aliphatic carbocycles. The molecular weight excluding hydrogens is 258 g/mol. The molecule has 2 nitrogen and oxygen atoms in total. The van der Waals surface area contributed by atoms with E-state index in [0.717, 1.165) is 11.7 Å². The predicted molar refractivity (Wildman–Crippen MR) is 88.1 cm³/mol. The van der Waals surface area contributed by atoms with Crippen molar-refractivity contribution in [2.75, 3.05) is 21.2 Å². The zero-order chi connectivity index (χ0) is 15.0. The minimum atomic E-state index is 0.261. The SMILES string of the molecule is COc1ccc2c(c1)[C@@]1(C)CCCCCC(C2)C1N(C)C. The first kappa shape index (κ1) is 14.9. The molecule has 0 radical (unpaired) electrons. The molecule has 3 atom stereocenters. The third-order valence-electron chi connectivity index (χ3n) is 5.84. The molecule has 0 aromatic heterocycles. The molecule has 0 aliphatic heterocycles. The summed E-state index contributed by atoms with van der Waals surface area (Å²) in [6, 6.07) is 7.41. The number of hydrogen-bond donors (Lipinski definition) is 0. The van der Waals surface area contributed by atoms with Crippen molar-refractivity contribution in [3.8, 4) is 5.75 Å². The molecule has 0 amide bonds. The van der Waals surface area contributed by atoms with Crippen LogP contribution < -0.4 is 4.74 Å². The Morgan fingerprint density at radius 3 is 2.71 bits per heavy atom. The van der Waals surface area contributed by atoms with E-state index in [1.807, 2.05) is 0 Å². The van der Waals surface area contributed by atoms with Gasteiger partial charge in [0.25, 0.3) is 0 Å². The Morgan fingerprint density at radius 1 is 1.19 bits per heavy atom. The minimum absolute atomic E-state index is 0.261.